The van der Waals surface area contributed by atoms with Crippen molar-refractivity contribution in [1.29, 1.82) is 0 Å². The van der Waals surface area contributed by atoms with Gasteiger partial charge < -0.3 is 20.3 Å². The van der Waals surface area contributed by atoms with Gasteiger partial charge in [0.15, 0.2) is 0 Å². The Hall–Kier alpha value is -2.41. The van der Waals surface area contributed by atoms with Crippen molar-refractivity contribution in [3.63, 3.8) is 0 Å². The Balaban J connectivity index is 1.87. The molecule has 1 saturated heterocycles. The molecular weight excluding hydrogens is 310 g/mol. The monoisotopic (exact) mass is 333 g/mol. The number of carbonyl (C=O) groups is 3. The molecule has 0 aliphatic carbocycles. The minimum atomic E-state index is -0.631. The fraction of sp³-hybridized carbons (Fsp3) is 0.471. The van der Waals surface area contributed by atoms with Gasteiger partial charge in [0.25, 0.3) is 0 Å². The first kappa shape index (κ1) is 17.9. The molecule has 1 fully saturated rings. The number of hydrogen-bond donors (Lipinski definition) is 1. The van der Waals surface area contributed by atoms with Crippen molar-refractivity contribution in [1.82, 2.24) is 9.80 Å². The molecule has 0 bridgehead atoms. The second-order valence-electron chi connectivity index (χ2n) is 5.88. The molecule has 0 radical (unpaired) electrons. The van der Waals surface area contributed by atoms with E-state index >= 15 is 0 Å². The lowest BCUT2D eigenvalue weighted by Gasteiger charge is -2.35. The van der Waals surface area contributed by atoms with Crippen LogP contribution in [0.2, 0.25) is 0 Å². The van der Waals surface area contributed by atoms with Crippen molar-refractivity contribution in [3.8, 4) is 5.75 Å². The topological polar surface area (TPSA) is 92.9 Å². The molecule has 1 aromatic rings. The molecule has 1 aliphatic rings. The maximum Gasteiger partial charge on any atom is 0.308 e. The van der Waals surface area contributed by atoms with Gasteiger partial charge in [-0.1, -0.05) is 12.1 Å². The van der Waals surface area contributed by atoms with Crippen molar-refractivity contribution >= 4 is 17.8 Å². The normalized spacial score (nSPS) is 15.8. The molecule has 0 saturated carbocycles. The van der Waals surface area contributed by atoms with E-state index in [2.05, 4.69) is 0 Å². The summed E-state index contributed by atoms with van der Waals surface area (Å²) in [5.41, 5.74) is 6.93. The number of nitrogens with two attached hydrogens (primary N) is 1. The molecule has 7 heteroatoms. The second kappa shape index (κ2) is 7.92. The SMILES string of the molecule is CC(=O)Oc1ccc(C[C@H](N)C(=O)N2CCN(C(C)=O)CC2)cc1. The van der Waals surface area contributed by atoms with Crippen molar-refractivity contribution < 1.29 is 19.1 Å². The Labute approximate surface area is 141 Å². The largest absolute Gasteiger partial charge is 0.427 e. The van der Waals surface area contributed by atoms with Crippen LogP contribution < -0.4 is 10.5 Å². The van der Waals surface area contributed by atoms with Crippen LogP contribution in [0, 0.1) is 0 Å². The van der Waals surface area contributed by atoms with Crippen LogP contribution in [0.1, 0.15) is 19.4 Å². The van der Waals surface area contributed by atoms with Crippen molar-refractivity contribution in [2.45, 2.75) is 26.3 Å². The lowest BCUT2D eigenvalue weighted by Crippen LogP contribution is -2.54. The van der Waals surface area contributed by atoms with Crippen LogP contribution in [0.3, 0.4) is 0 Å². The zero-order chi connectivity index (χ0) is 17.7. The number of nitrogens with zero attached hydrogens (tertiary/aromatic N) is 2. The lowest BCUT2D eigenvalue weighted by molar-refractivity contribution is -0.139. The summed E-state index contributed by atoms with van der Waals surface area (Å²) < 4.78 is 4.97. The van der Waals surface area contributed by atoms with E-state index in [1.807, 2.05) is 0 Å². The average Bonchev–Trinajstić information content (AvgIpc) is 2.55. The van der Waals surface area contributed by atoms with Gasteiger partial charge in [0.2, 0.25) is 11.8 Å². The molecular formula is C17H23N3O4. The molecule has 2 rings (SSSR count). The molecule has 24 heavy (non-hydrogen) atoms. The summed E-state index contributed by atoms with van der Waals surface area (Å²) >= 11 is 0. The minimum absolute atomic E-state index is 0.0271. The third kappa shape index (κ3) is 4.79. The van der Waals surface area contributed by atoms with Gasteiger partial charge in [-0.3, -0.25) is 14.4 Å². The molecule has 130 valence electrons. The Kier molecular flexibility index (Phi) is 5.92. The number of rotatable bonds is 4. The first-order valence-electron chi connectivity index (χ1n) is 7.94. The van der Waals surface area contributed by atoms with Gasteiger partial charge in [0.1, 0.15) is 5.75 Å². The number of piperazine rings is 1. The zero-order valence-corrected chi connectivity index (χ0v) is 14.0. The molecule has 1 atom stereocenters. The summed E-state index contributed by atoms with van der Waals surface area (Å²) in [6.45, 7) is 4.99. The smallest absolute Gasteiger partial charge is 0.308 e. The van der Waals surface area contributed by atoms with Crippen molar-refractivity contribution in [3.05, 3.63) is 29.8 Å². The summed E-state index contributed by atoms with van der Waals surface area (Å²) in [5.74, 6) is 0.00682. The van der Waals surface area contributed by atoms with E-state index < -0.39 is 6.04 Å². The Morgan fingerprint density at radius 1 is 1.04 bits per heavy atom. The van der Waals surface area contributed by atoms with Gasteiger partial charge in [0.05, 0.1) is 6.04 Å². The number of amides is 2. The number of carbonyl (C=O) groups excluding carboxylic acids is 3. The summed E-state index contributed by atoms with van der Waals surface area (Å²) in [7, 11) is 0. The van der Waals surface area contributed by atoms with Crippen LogP contribution >= 0.6 is 0 Å². The van der Waals surface area contributed by atoms with Gasteiger partial charge in [-0.15, -0.1) is 0 Å². The summed E-state index contributed by atoms with van der Waals surface area (Å²) in [5, 5.41) is 0. The third-order valence-electron chi connectivity index (χ3n) is 3.99. The molecule has 1 heterocycles. The van der Waals surface area contributed by atoms with Crippen LogP contribution in [0.25, 0.3) is 0 Å². The highest BCUT2D eigenvalue weighted by Crippen LogP contribution is 2.14. The maximum absolute atomic E-state index is 12.4. The fourth-order valence-electron chi connectivity index (χ4n) is 2.68. The van der Waals surface area contributed by atoms with Crippen molar-refractivity contribution in [2.24, 2.45) is 5.73 Å². The van der Waals surface area contributed by atoms with Crippen LogP contribution in [0.15, 0.2) is 24.3 Å². The van der Waals surface area contributed by atoms with Gasteiger partial charge in [-0.25, -0.2) is 0 Å². The quantitative estimate of drug-likeness (QED) is 0.626. The highest BCUT2D eigenvalue weighted by Gasteiger charge is 2.26. The van der Waals surface area contributed by atoms with Crippen molar-refractivity contribution in [2.75, 3.05) is 26.2 Å². The molecule has 0 unspecified atom stereocenters. The highest BCUT2D eigenvalue weighted by molar-refractivity contribution is 5.82. The molecule has 0 spiro atoms. The predicted octanol–water partition coefficient (Wildman–Crippen LogP) is 0.172. The highest BCUT2D eigenvalue weighted by atomic mass is 16.5. The predicted molar refractivity (Wildman–Crippen MR) is 88.3 cm³/mol. The Bertz CT molecular complexity index is 607. The standard InChI is InChI=1S/C17H23N3O4/c1-12(21)19-7-9-20(10-8-19)17(23)16(18)11-14-3-5-15(6-4-14)24-13(2)22/h3-6,16H,7-11,18H2,1-2H3/t16-/m0/s1. The first-order chi connectivity index (χ1) is 11.4. The Morgan fingerprint density at radius 2 is 1.58 bits per heavy atom. The van der Waals surface area contributed by atoms with Gasteiger partial charge in [-0.05, 0) is 24.1 Å². The summed E-state index contributed by atoms with van der Waals surface area (Å²) in [6.07, 6.45) is 0.409. The van der Waals surface area contributed by atoms with Crippen LogP contribution in [0.5, 0.6) is 5.75 Å². The molecule has 1 aliphatic heterocycles. The van der Waals surface area contributed by atoms with Gasteiger partial charge >= 0.3 is 5.97 Å². The van der Waals surface area contributed by atoms with E-state index in [4.69, 9.17) is 10.5 Å². The van der Waals surface area contributed by atoms with E-state index in [0.29, 0.717) is 38.3 Å². The number of benzene rings is 1. The van der Waals surface area contributed by atoms with E-state index in [1.165, 1.54) is 13.8 Å². The van der Waals surface area contributed by atoms with Crippen LogP contribution in [0.4, 0.5) is 0 Å². The summed E-state index contributed by atoms with van der Waals surface area (Å²) in [4.78, 5) is 38.1. The van der Waals surface area contributed by atoms with E-state index in [1.54, 1.807) is 34.1 Å². The maximum atomic E-state index is 12.4. The molecule has 2 N–H and O–H groups in total. The van der Waals surface area contributed by atoms with Gasteiger partial charge in [-0.2, -0.15) is 0 Å². The average molecular weight is 333 g/mol. The Morgan fingerprint density at radius 3 is 2.08 bits per heavy atom. The fourth-order valence-corrected chi connectivity index (χ4v) is 2.68. The molecule has 1 aromatic carbocycles. The lowest BCUT2D eigenvalue weighted by atomic mass is 10.0. The first-order valence-corrected chi connectivity index (χ1v) is 7.94. The number of ether oxygens (including phenoxy) is 1. The van der Waals surface area contributed by atoms with Gasteiger partial charge in [0, 0.05) is 40.0 Å². The third-order valence-corrected chi connectivity index (χ3v) is 3.99. The molecule has 0 aromatic heterocycles. The minimum Gasteiger partial charge on any atom is -0.427 e. The zero-order valence-electron chi connectivity index (χ0n) is 14.0. The van der Waals surface area contributed by atoms with Crippen LogP contribution in [-0.2, 0) is 20.8 Å². The van der Waals surface area contributed by atoms with E-state index in [9.17, 15) is 14.4 Å². The number of esters is 1. The van der Waals surface area contributed by atoms with E-state index in [0.717, 1.165) is 5.56 Å². The summed E-state index contributed by atoms with van der Waals surface area (Å²) in [6, 6.07) is 6.31. The molecule has 7 nitrogen and oxygen atoms in total. The second-order valence-corrected chi connectivity index (χ2v) is 5.88. The number of hydrogen-bond acceptors (Lipinski definition) is 5. The molecule has 2 amide bonds. The van der Waals surface area contributed by atoms with Crippen LogP contribution in [-0.4, -0.2) is 59.8 Å². The van der Waals surface area contributed by atoms with E-state index in [-0.39, 0.29) is 17.8 Å².